The average Bonchev–Trinajstić information content (AvgIpc) is 2.08. The summed E-state index contributed by atoms with van der Waals surface area (Å²) in [4.78, 5) is 10.5. The van der Waals surface area contributed by atoms with E-state index in [-0.39, 0.29) is 18.6 Å². The summed E-state index contributed by atoms with van der Waals surface area (Å²) in [6.45, 7) is 5.09. The van der Waals surface area contributed by atoms with Crippen LogP contribution in [0.3, 0.4) is 0 Å². The highest BCUT2D eigenvalue weighted by Crippen LogP contribution is 2.20. The fourth-order valence-electron chi connectivity index (χ4n) is 1.05. The standard InChI is InChI=1S/C10H19IO4/c1-10(2,6-9(12)13)7-15-8-14-5-3-4-11/h3-8H2,1-2H3,(H,12,13). The Morgan fingerprint density at radius 1 is 1.40 bits per heavy atom. The Morgan fingerprint density at radius 2 is 2.07 bits per heavy atom. The molecule has 5 heteroatoms. The quantitative estimate of drug-likeness (QED) is 0.305. The Labute approximate surface area is 104 Å². The maximum absolute atomic E-state index is 10.5. The fourth-order valence-corrected chi connectivity index (χ4v) is 1.36. The van der Waals surface area contributed by atoms with Crippen LogP contribution in [0.2, 0.25) is 0 Å². The van der Waals surface area contributed by atoms with Crippen molar-refractivity contribution in [3.05, 3.63) is 0 Å². The third-order valence-electron chi connectivity index (χ3n) is 1.71. The van der Waals surface area contributed by atoms with Gasteiger partial charge in [-0.15, -0.1) is 0 Å². The van der Waals surface area contributed by atoms with Crippen molar-refractivity contribution < 1.29 is 19.4 Å². The van der Waals surface area contributed by atoms with Crippen molar-refractivity contribution >= 4 is 28.6 Å². The highest BCUT2D eigenvalue weighted by atomic mass is 127. The van der Waals surface area contributed by atoms with Gasteiger partial charge < -0.3 is 14.6 Å². The molecule has 90 valence electrons. The lowest BCUT2D eigenvalue weighted by Crippen LogP contribution is -2.23. The van der Waals surface area contributed by atoms with Crippen molar-refractivity contribution in [3.63, 3.8) is 0 Å². The summed E-state index contributed by atoms with van der Waals surface area (Å²) in [5.74, 6) is -0.797. The molecule has 0 aliphatic carbocycles. The number of rotatable bonds is 9. The molecule has 1 N–H and O–H groups in total. The zero-order valence-electron chi connectivity index (χ0n) is 9.29. The van der Waals surface area contributed by atoms with E-state index in [1.54, 1.807) is 0 Å². The predicted octanol–water partition coefficient (Wildman–Crippen LogP) is 2.30. The number of carbonyl (C=O) groups is 1. The lowest BCUT2D eigenvalue weighted by molar-refractivity contribution is -0.141. The molecule has 0 amide bonds. The maximum atomic E-state index is 10.5. The van der Waals surface area contributed by atoms with Gasteiger partial charge in [0.1, 0.15) is 6.79 Å². The summed E-state index contributed by atoms with van der Waals surface area (Å²) < 4.78 is 11.5. The summed E-state index contributed by atoms with van der Waals surface area (Å²) in [5.41, 5.74) is -0.335. The van der Waals surface area contributed by atoms with Gasteiger partial charge in [0, 0.05) is 4.43 Å². The molecule has 0 spiro atoms. The van der Waals surface area contributed by atoms with Crippen LogP contribution in [0.1, 0.15) is 26.7 Å². The van der Waals surface area contributed by atoms with Gasteiger partial charge in [0.05, 0.1) is 19.6 Å². The Balaban J connectivity index is 3.44. The van der Waals surface area contributed by atoms with Crippen molar-refractivity contribution in [1.82, 2.24) is 0 Å². The molecule has 0 aliphatic rings. The van der Waals surface area contributed by atoms with E-state index in [1.165, 1.54) is 0 Å². The first-order valence-electron chi connectivity index (χ1n) is 4.91. The summed E-state index contributed by atoms with van der Waals surface area (Å²) in [7, 11) is 0. The predicted molar refractivity (Wildman–Crippen MR) is 66.3 cm³/mol. The SMILES string of the molecule is CC(C)(COCOCCCI)CC(=O)O. The number of ether oxygens (including phenoxy) is 2. The number of halogens is 1. The monoisotopic (exact) mass is 330 g/mol. The van der Waals surface area contributed by atoms with Gasteiger partial charge in [-0.05, 0) is 11.8 Å². The van der Waals surface area contributed by atoms with E-state index in [9.17, 15) is 4.79 Å². The van der Waals surface area contributed by atoms with Crippen LogP contribution in [0.5, 0.6) is 0 Å². The van der Waals surface area contributed by atoms with E-state index in [2.05, 4.69) is 22.6 Å². The molecule has 0 unspecified atom stereocenters. The summed E-state index contributed by atoms with van der Waals surface area (Å²) >= 11 is 2.29. The highest BCUT2D eigenvalue weighted by Gasteiger charge is 2.21. The van der Waals surface area contributed by atoms with Gasteiger partial charge in [-0.2, -0.15) is 0 Å². The number of hydrogen-bond acceptors (Lipinski definition) is 3. The van der Waals surface area contributed by atoms with Gasteiger partial charge in [-0.1, -0.05) is 36.4 Å². The summed E-state index contributed by atoms with van der Waals surface area (Å²) in [6, 6.07) is 0. The molecule has 0 saturated heterocycles. The van der Waals surface area contributed by atoms with Crippen LogP contribution < -0.4 is 0 Å². The first kappa shape index (κ1) is 15.1. The van der Waals surface area contributed by atoms with Gasteiger partial charge >= 0.3 is 5.97 Å². The van der Waals surface area contributed by atoms with E-state index < -0.39 is 5.97 Å². The van der Waals surface area contributed by atoms with Crippen LogP contribution in [0.15, 0.2) is 0 Å². The zero-order chi connectivity index (χ0) is 11.7. The smallest absolute Gasteiger partial charge is 0.303 e. The molecule has 0 atom stereocenters. The normalized spacial score (nSPS) is 11.7. The van der Waals surface area contributed by atoms with E-state index in [0.29, 0.717) is 13.2 Å². The third kappa shape index (κ3) is 10.4. The molecule has 0 rings (SSSR count). The second-order valence-corrected chi connectivity index (χ2v) is 5.23. The summed E-state index contributed by atoms with van der Waals surface area (Å²) in [5, 5.41) is 8.63. The van der Waals surface area contributed by atoms with E-state index >= 15 is 0 Å². The molecule has 0 saturated carbocycles. The Morgan fingerprint density at radius 3 is 2.60 bits per heavy atom. The van der Waals surface area contributed by atoms with Crippen LogP contribution in [-0.2, 0) is 14.3 Å². The minimum absolute atomic E-state index is 0.112. The molecule has 0 radical (unpaired) electrons. The molecular formula is C10H19IO4. The number of alkyl halides is 1. The van der Waals surface area contributed by atoms with E-state index in [1.807, 2.05) is 13.8 Å². The minimum Gasteiger partial charge on any atom is -0.481 e. The van der Waals surface area contributed by atoms with Crippen molar-refractivity contribution in [3.8, 4) is 0 Å². The second kappa shape index (κ2) is 8.29. The van der Waals surface area contributed by atoms with Crippen molar-refractivity contribution in [2.75, 3.05) is 24.4 Å². The Kier molecular flexibility index (Phi) is 8.36. The minimum atomic E-state index is -0.797. The van der Waals surface area contributed by atoms with Crippen molar-refractivity contribution in [1.29, 1.82) is 0 Å². The highest BCUT2D eigenvalue weighted by molar-refractivity contribution is 14.1. The van der Waals surface area contributed by atoms with Crippen molar-refractivity contribution in [2.24, 2.45) is 5.41 Å². The van der Waals surface area contributed by atoms with Gasteiger partial charge in [0.25, 0.3) is 0 Å². The molecule has 0 aliphatic heterocycles. The first-order chi connectivity index (χ1) is 6.98. The van der Waals surface area contributed by atoms with Crippen LogP contribution in [0.25, 0.3) is 0 Å². The van der Waals surface area contributed by atoms with Crippen LogP contribution in [-0.4, -0.2) is 35.5 Å². The molecule has 0 aromatic heterocycles. The topological polar surface area (TPSA) is 55.8 Å². The van der Waals surface area contributed by atoms with Crippen LogP contribution in [0.4, 0.5) is 0 Å². The molecule has 0 aromatic carbocycles. The largest absolute Gasteiger partial charge is 0.481 e. The van der Waals surface area contributed by atoms with Gasteiger partial charge in [-0.3, -0.25) is 4.79 Å². The lowest BCUT2D eigenvalue weighted by Gasteiger charge is -2.21. The molecule has 4 nitrogen and oxygen atoms in total. The maximum Gasteiger partial charge on any atom is 0.303 e. The average molecular weight is 330 g/mol. The molecule has 0 aromatic rings. The van der Waals surface area contributed by atoms with Crippen molar-refractivity contribution in [2.45, 2.75) is 26.7 Å². The Hall–Kier alpha value is 0.120. The van der Waals surface area contributed by atoms with E-state index in [0.717, 1.165) is 10.8 Å². The van der Waals surface area contributed by atoms with Gasteiger partial charge in [0.15, 0.2) is 0 Å². The molecule has 0 bridgehead atoms. The molecule has 0 fully saturated rings. The molecule has 15 heavy (non-hydrogen) atoms. The number of carboxylic acids is 1. The molecule has 0 heterocycles. The van der Waals surface area contributed by atoms with Crippen LogP contribution in [0, 0.1) is 5.41 Å². The second-order valence-electron chi connectivity index (χ2n) is 4.15. The van der Waals surface area contributed by atoms with E-state index in [4.69, 9.17) is 14.6 Å². The zero-order valence-corrected chi connectivity index (χ0v) is 11.5. The third-order valence-corrected chi connectivity index (χ3v) is 2.47. The first-order valence-corrected chi connectivity index (χ1v) is 6.44. The Bertz CT molecular complexity index is 182. The fraction of sp³-hybridized carbons (Fsp3) is 0.900. The van der Waals surface area contributed by atoms with Gasteiger partial charge in [0.2, 0.25) is 0 Å². The number of hydrogen-bond donors (Lipinski definition) is 1. The van der Waals surface area contributed by atoms with Crippen LogP contribution >= 0.6 is 22.6 Å². The lowest BCUT2D eigenvalue weighted by atomic mass is 9.91. The molecular weight excluding hydrogens is 311 g/mol. The number of aliphatic carboxylic acids is 1. The summed E-state index contributed by atoms with van der Waals surface area (Å²) in [6.07, 6.45) is 1.13. The number of carboxylic acid groups (broad SMARTS) is 1. The van der Waals surface area contributed by atoms with Gasteiger partial charge in [-0.25, -0.2) is 0 Å².